The Bertz CT molecular complexity index is 1180. The Morgan fingerprint density at radius 2 is 1.87 bits per heavy atom. The number of aromatic nitrogens is 1. The lowest BCUT2D eigenvalue weighted by molar-refractivity contribution is -0.142. The van der Waals surface area contributed by atoms with E-state index in [0.717, 1.165) is 14.9 Å². The number of carboxylic acid groups (broad SMARTS) is 1. The molecule has 1 atom stereocenters. The van der Waals surface area contributed by atoms with E-state index >= 15 is 0 Å². The van der Waals surface area contributed by atoms with E-state index in [2.05, 4.69) is 15.9 Å². The molecule has 0 amide bonds. The van der Waals surface area contributed by atoms with E-state index in [0.29, 0.717) is 10.2 Å². The van der Waals surface area contributed by atoms with Crippen LogP contribution in [0.2, 0.25) is 0 Å². The molecule has 166 valence electrons. The molecule has 6 nitrogen and oxygen atoms in total. The van der Waals surface area contributed by atoms with Gasteiger partial charge in [0.05, 0.1) is 32.8 Å². The van der Waals surface area contributed by atoms with Gasteiger partial charge in [0.1, 0.15) is 16.7 Å². The van der Waals surface area contributed by atoms with Crippen LogP contribution in [0.1, 0.15) is 50.5 Å². The Morgan fingerprint density at radius 1 is 1.26 bits per heavy atom. The fourth-order valence-corrected chi connectivity index (χ4v) is 5.32. The third-order valence-electron chi connectivity index (χ3n) is 5.36. The van der Waals surface area contributed by atoms with Crippen LogP contribution in [-0.2, 0) is 21.5 Å². The Kier molecular flexibility index (Phi) is 6.64. The molecule has 31 heavy (non-hydrogen) atoms. The first-order chi connectivity index (χ1) is 14.5. The highest BCUT2D eigenvalue weighted by Crippen LogP contribution is 2.43. The summed E-state index contributed by atoms with van der Waals surface area (Å²) >= 11 is 4.84. The standard InChI is InChI=1S/C23H26BrNO5S/c1-12(2)30-15(14-9-7-6-8-10-14)11-25-20(27)17(23(4,5)22(28)29)18(26)16-13(3)19(24)31-21(16)25/h6-10,12,15,26H,11H2,1-5H3,(H,28,29)/t15-/m1/s1. The molecule has 3 rings (SSSR count). The van der Waals surface area contributed by atoms with Gasteiger partial charge in [-0.25, -0.2) is 0 Å². The molecule has 0 saturated heterocycles. The van der Waals surface area contributed by atoms with Gasteiger partial charge in [0.2, 0.25) is 0 Å². The Labute approximate surface area is 193 Å². The fraction of sp³-hybridized carbons (Fsp3) is 0.391. The summed E-state index contributed by atoms with van der Waals surface area (Å²) in [6.45, 7) is 8.73. The Morgan fingerprint density at radius 3 is 2.42 bits per heavy atom. The zero-order chi connectivity index (χ0) is 23.1. The van der Waals surface area contributed by atoms with E-state index in [1.165, 1.54) is 29.8 Å². The summed E-state index contributed by atoms with van der Waals surface area (Å²) in [4.78, 5) is 26.1. The smallest absolute Gasteiger partial charge is 0.313 e. The molecule has 0 unspecified atom stereocenters. The minimum absolute atomic E-state index is 0.0831. The summed E-state index contributed by atoms with van der Waals surface area (Å²) in [5.41, 5.74) is -0.554. The maximum absolute atomic E-state index is 13.6. The van der Waals surface area contributed by atoms with Crippen molar-refractivity contribution in [3.05, 3.63) is 61.2 Å². The fourth-order valence-electron chi connectivity index (χ4n) is 3.62. The number of benzene rings is 1. The van der Waals surface area contributed by atoms with Crippen molar-refractivity contribution in [1.82, 2.24) is 4.57 Å². The SMILES string of the molecule is Cc1c(Br)sc2c1c(O)c(C(C)(C)C(=O)O)c(=O)n2C[C@@H](OC(C)C)c1ccccc1. The molecule has 3 aromatic rings. The first kappa shape index (κ1) is 23.5. The molecule has 0 saturated carbocycles. The molecular formula is C23H26BrNO5S. The molecule has 2 heterocycles. The van der Waals surface area contributed by atoms with Crippen molar-refractivity contribution in [2.24, 2.45) is 0 Å². The minimum atomic E-state index is -1.57. The van der Waals surface area contributed by atoms with E-state index in [4.69, 9.17) is 4.74 Å². The molecule has 0 aliphatic rings. The maximum atomic E-state index is 13.6. The quantitative estimate of drug-likeness (QED) is 0.448. The molecule has 0 spiro atoms. The number of fused-ring (bicyclic) bond motifs is 1. The number of carboxylic acids is 1. The van der Waals surface area contributed by atoms with Gasteiger partial charge in [0, 0.05) is 0 Å². The number of aliphatic carboxylic acids is 1. The summed E-state index contributed by atoms with van der Waals surface area (Å²) in [6, 6.07) is 9.60. The van der Waals surface area contributed by atoms with Crippen molar-refractivity contribution >= 4 is 43.5 Å². The maximum Gasteiger partial charge on any atom is 0.313 e. The van der Waals surface area contributed by atoms with Gasteiger partial charge in [0.15, 0.2) is 0 Å². The van der Waals surface area contributed by atoms with Crippen molar-refractivity contribution in [2.45, 2.75) is 58.8 Å². The van der Waals surface area contributed by atoms with E-state index in [9.17, 15) is 19.8 Å². The number of aromatic hydroxyl groups is 1. The van der Waals surface area contributed by atoms with Crippen LogP contribution in [0.5, 0.6) is 5.75 Å². The second kappa shape index (κ2) is 8.76. The number of pyridine rings is 1. The average Bonchev–Trinajstić information content (AvgIpc) is 2.99. The first-order valence-electron chi connectivity index (χ1n) is 9.95. The van der Waals surface area contributed by atoms with Gasteiger partial charge in [0.25, 0.3) is 5.56 Å². The predicted molar refractivity (Wildman–Crippen MR) is 126 cm³/mol. The van der Waals surface area contributed by atoms with Crippen molar-refractivity contribution in [3.8, 4) is 5.75 Å². The molecule has 8 heteroatoms. The van der Waals surface area contributed by atoms with Crippen LogP contribution in [-0.4, -0.2) is 26.9 Å². The van der Waals surface area contributed by atoms with Crippen LogP contribution in [0.4, 0.5) is 0 Å². The topological polar surface area (TPSA) is 88.8 Å². The van der Waals surface area contributed by atoms with Crippen molar-refractivity contribution < 1.29 is 19.7 Å². The summed E-state index contributed by atoms with van der Waals surface area (Å²) < 4.78 is 8.45. The zero-order valence-corrected chi connectivity index (χ0v) is 20.5. The highest BCUT2D eigenvalue weighted by Gasteiger charge is 2.38. The van der Waals surface area contributed by atoms with Gasteiger partial charge in [-0.1, -0.05) is 30.3 Å². The lowest BCUT2D eigenvalue weighted by Crippen LogP contribution is -2.38. The lowest BCUT2D eigenvalue weighted by atomic mass is 9.84. The number of carbonyl (C=O) groups is 1. The highest BCUT2D eigenvalue weighted by molar-refractivity contribution is 9.11. The highest BCUT2D eigenvalue weighted by atomic mass is 79.9. The number of hydrogen-bond acceptors (Lipinski definition) is 5. The van der Waals surface area contributed by atoms with Gasteiger partial charge in [-0.05, 0) is 61.7 Å². The summed E-state index contributed by atoms with van der Waals surface area (Å²) in [6.07, 6.45) is -0.506. The number of rotatable bonds is 7. The van der Waals surface area contributed by atoms with Gasteiger partial charge in [-0.3, -0.25) is 14.2 Å². The summed E-state index contributed by atoms with van der Waals surface area (Å²) in [5.74, 6) is -1.46. The first-order valence-corrected chi connectivity index (χ1v) is 11.6. The number of hydrogen-bond donors (Lipinski definition) is 2. The van der Waals surface area contributed by atoms with E-state index in [1.807, 2.05) is 51.1 Å². The van der Waals surface area contributed by atoms with E-state index in [-0.39, 0.29) is 24.0 Å². The van der Waals surface area contributed by atoms with Gasteiger partial charge < -0.3 is 14.9 Å². The minimum Gasteiger partial charge on any atom is -0.507 e. The molecule has 1 aromatic carbocycles. The molecule has 2 aromatic heterocycles. The Hall–Kier alpha value is -2.16. The van der Waals surface area contributed by atoms with Crippen molar-refractivity contribution in [2.75, 3.05) is 0 Å². The van der Waals surface area contributed by atoms with Crippen LogP contribution in [0.25, 0.3) is 10.2 Å². The number of thiophene rings is 1. The van der Waals surface area contributed by atoms with E-state index in [1.54, 1.807) is 0 Å². The van der Waals surface area contributed by atoms with Crippen LogP contribution >= 0.6 is 27.3 Å². The zero-order valence-electron chi connectivity index (χ0n) is 18.1. The van der Waals surface area contributed by atoms with Crippen LogP contribution < -0.4 is 5.56 Å². The molecular weight excluding hydrogens is 482 g/mol. The van der Waals surface area contributed by atoms with Crippen molar-refractivity contribution in [1.29, 1.82) is 0 Å². The number of aryl methyl sites for hydroxylation is 1. The normalized spacial score (nSPS) is 13.1. The lowest BCUT2D eigenvalue weighted by Gasteiger charge is -2.25. The third kappa shape index (κ3) is 4.29. The number of ether oxygens (including phenoxy) is 1. The second-order valence-corrected chi connectivity index (χ2v) is 10.7. The summed E-state index contributed by atoms with van der Waals surface area (Å²) in [7, 11) is 0. The van der Waals surface area contributed by atoms with Gasteiger partial charge in [-0.15, -0.1) is 11.3 Å². The molecule has 0 bridgehead atoms. The molecule has 0 radical (unpaired) electrons. The average molecular weight is 508 g/mol. The second-order valence-electron chi connectivity index (χ2n) is 8.33. The molecule has 2 N–H and O–H groups in total. The van der Waals surface area contributed by atoms with E-state index < -0.39 is 23.0 Å². The van der Waals surface area contributed by atoms with Crippen molar-refractivity contribution in [3.63, 3.8) is 0 Å². The van der Waals surface area contributed by atoms with Gasteiger partial charge in [-0.2, -0.15) is 0 Å². The number of halogens is 1. The largest absolute Gasteiger partial charge is 0.507 e. The molecule has 0 fully saturated rings. The molecule has 0 aliphatic heterocycles. The third-order valence-corrected chi connectivity index (χ3v) is 7.55. The molecule has 0 aliphatic carbocycles. The van der Waals surface area contributed by atoms with Gasteiger partial charge >= 0.3 is 5.97 Å². The van der Waals surface area contributed by atoms with Crippen LogP contribution in [0.15, 0.2) is 38.9 Å². The predicted octanol–water partition coefficient (Wildman–Crippen LogP) is 5.37. The Balaban J connectivity index is 2.32. The monoisotopic (exact) mass is 507 g/mol. The number of nitrogens with zero attached hydrogens (tertiary/aromatic N) is 1. The summed E-state index contributed by atoms with van der Waals surface area (Å²) in [5, 5.41) is 21.3. The van der Waals surface area contributed by atoms with Crippen LogP contribution in [0.3, 0.4) is 0 Å². The van der Waals surface area contributed by atoms with Crippen LogP contribution in [0, 0.1) is 6.92 Å².